The minimum Gasteiger partial charge on any atom is -0.303 e. The minimum atomic E-state index is -0.579. The molecule has 3 rings (SSSR count). The predicted molar refractivity (Wildman–Crippen MR) is 91.1 cm³/mol. The number of amides is 3. The van der Waals surface area contributed by atoms with Crippen molar-refractivity contribution in [1.82, 2.24) is 14.7 Å². The molecule has 0 radical (unpaired) electrons. The van der Waals surface area contributed by atoms with Crippen LogP contribution in [0.2, 0.25) is 0 Å². The monoisotopic (exact) mass is 338 g/mol. The lowest BCUT2D eigenvalue weighted by molar-refractivity contribution is -0.367. The predicted octanol–water partition coefficient (Wildman–Crippen LogP) is 0.508. The molecule has 3 aliphatic heterocycles. The molecular weight excluding hydrogens is 314 g/mol. The Morgan fingerprint density at radius 1 is 1.17 bits per heavy atom. The summed E-state index contributed by atoms with van der Waals surface area (Å²) in [6.07, 6.45) is 3.92. The minimum absolute atomic E-state index is 0.249. The standard InChI is InChI=1S/C15H24N5O2S/c1-17-12-11(13(21)19(3)15(22)18(12)2)16-14(17)23-10-9-20-7-5-4-6-8-20/h11H,4-10H2,1-3H3/q+1. The molecule has 23 heavy (non-hydrogen) atoms. The lowest BCUT2D eigenvalue weighted by Gasteiger charge is -2.27. The lowest BCUT2D eigenvalue weighted by Crippen LogP contribution is -2.59. The molecule has 0 spiro atoms. The van der Waals surface area contributed by atoms with Gasteiger partial charge in [-0.2, -0.15) is 0 Å². The van der Waals surface area contributed by atoms with E-state index in [1.807, 2.05) is 11.6 Å². The van der Waals surface area contributed by atoms with Gasteiger partial charge in [0.15, 0.2) is 0 Å². The molecule has 3 heterocycles. The number of nitrogens with zero attached hydrogens (tertiary/aromatic N) is 5. The number of imide groups is 1. The zero-order chi connectivity index (χ0) is 16.6. The van der Waals surface area contributed by atoms with E-state index in [0.29, 0.717) is 5.84 Å². The van der Waals surface area contributed by atoms with Crippen LogP contribution in [0, 0.1) is 0 Å². The number of likely N-dealkylation sites (N-methyl/N-ethyl adjacent to an activating group) is 2. The largest absolute Gasteiger partial charge is 0.388 e. The molecule has 0 N–H and O–H groups in total. The third-order valence-electron chi connectivity index (χ3n) is 4.68. The molecule has 3 aliphatic rings. The van der Waals surface area contributed by atoms with Gasteiger partial charge < -0.3 is 4.90 Å². The van der Waals surface area contributed by atoms with Crippen molar-refractivity contribution in [2.24, 2.45) is 4.99 Å². The van der Waals surface area contributed by atoms with Crippen LogP contribution >= 0.6 is 11.8 Å². The molecule has 8 heteroatoms. The number of thioether (sulfide) groups is 1. The first-order valence-corrected chi connectivity index (χ1v) is 9.08. The van der Waals surface area contributed by atoms with Gasteiger partial charge in [-0.25, -0.2) is 14.3 Å². The Labute approximate surface area is 141 Å². The van der Waals surface area contributed by atoms with E-state index in [1.54, 1.807) is 18.8 Å². The van der Waals surface area contributed by atoms with Crippen LogP contribution in [-0.4, -0.2) is 94.8 Å². The van der Waals surface area contributed by atoms with Crippen LogP contribution in [0.25, 0.3) is 0 Å². The van der Waals surface area contributed by atoms with Crippen molar-refractivity contribution in [2.45, 2.75) is 25.3 Å². The van der Waals surface area contributed by atoms with Crippen molar-refractivity contribution in [2.75, 3.05) is 46.5 Å². The number of hydrogen-bond acceptors (Lipinski definition) is 5. The van der Waals surface area contributed by atoms with Gasteiger partial charge in [0.2, 0.25) is 0 Å². The van der Waals surface area contributed by atoms with Gasteiger partial charge in [-0.05, 0) is 25.9 Å². The van der Waals surface area contributed by atoms with E-state index in [4.69, 9.17) is 0 Å². The zero-order valence-electron chi connectivity index (χ0n) is 14.0. The van der Waals surface area contributed by atoms with Gasteiger partial charge in [-0.3, -0.25) is 9.69 Å². The van der Waals surface area contributed by atoms with Crippen LogP contribution < -0.4 is 0 Å². The molecule has 126 valence electrons. The van der Waals surface area contributed by atoms with Crippen LogP contribution in [0.1, 0.15) is 19.3 Å². The van der Waals surface area contributed by atoms with E-state index in [9.17, 15) is 9.59 Å². The Balaban J connectivity index is 1.65. The van der Waals surface area contributed by atoms with E-state index < -0.39 is 6.04 Å². The second kappa shape index (κ2) is 6.60. The normalized spacial score (nSPS) is 26.0. The molecule has 0 aliphatic carbocycles. The number of carbonyl (C=O) groups excluding carboxylic acids is 2. The van der Waals surface area contributed by atoms with Crippen LogP contribution in [0.4, 0.5) is 4.79 Å². The van der Waals surface area contributed by atoms with E-state index in [-0.39, 0.29) is 11.9 Å². The summed E-state index contributed by atoms with van der Waals surface area (Å²) >= 11 is 1.66. The number of aliphatic imine (C=N–C) groups is 1. The van der Waals surface area contributed by atoms with Crippen LogP contribution in [0.5, 0.6) is 0 Å². The zero-order valence-corrected chi connectivity index (χ0v) is 14.8. The van der Waals surface area contributed by atoms with Crippen LogP contribution in [0.3, 0.4) is 0 Å². The maximum Gasteiger partial charge on any atom is 0.388 e. The first-order valence-electron chi connectivity index (χ1n) is 8.09. The smallest absolute Gasteiger partial charge is 0.303 e. The summed E-state index contributed by atoms with van der Waals surface area (Å²) in [6, 6.07) is -0.881. The van der Waals surface area contributed by atoms with E-state index >= 15 is 0 Å². The molecule has 3 amide bonds. The van der Waals surface area contributed by atoms with E-state index in [1.165, 1.54) is 44.3 Å². The summed E-state index contributed by atoms with van der Waals surface area (Å²) in [6.45, 7) is 3.41. The fraction of sp³-hybridized carbons (Fsp3) is 0.733. The number of carbonyl (C=O) groups is 2. The summed E-state index contributed by atoms with van der Waals surface area (Å²) in [7, 11) is 5.08. The van der Waals surface area contributed by atoms with Gasteiger partial charge in [0, 0.05) is 19.3 Å². The molecule has 2 saturated heterocycles. The second-order valence-electron chi connectivity index (χ2n) is 6.22. The number of urea groups is 1. The first-order chi connectivity index (χ1) is 11.0. The third-order valence-corrected chi connectivity index (χ3v) is 5.71. The molecule has 2 fully saturated rings. The van der Waals surface area contributed by atoms with Gasteiger partial charge in [0.05, 0.1) is 14.1 Å². The van der Waals surface area contributed by atoms with Crippen LogP contribution in [-0.2, 0) is 4.79 Å². The Bertz CT molecular complexity index is 582. The number of amidine groups is 2. The van der Waals surface area contributed by atoms with Gasteiger partial charge >= 0.3 is 6.03 Å². The Kier molecular flexibility index (Phi) is 4.72. The Morgan fingerprint density at radius 2 is 1.87 bits per heavy atom. The van der Waals surface area contributed by atoms with Crippen molar-refractivity contribution in [3.05, 3.63) is 0 Å². The molecular formula is C15H24N5O2S+. The highest BCUT2D eigenvalue weighted by atomic mass is 32.2. The molecule has 1 atom stereocenters. The average Bonchev–Trinajstić information content (AvgIpc) is 2.89. The van der Waals surface area contributed by atoms with Gasteiger partial charge in [-0.1, -0.05) is 18.2 Å². The second-order valence-corrected chi connectivity index (χ2v) is 7.28. The summed E-state index contributed by atoms with van der Waals surface area (Å²) < 4.78 is 1.88. The van der Waals surface area contributed by atoms with E-state index in [0.717, 1.165) is 22.4 Å². The van der Waals surface area contributed by atoms with Crippen molar-refractivity contribution in [3.63, 3.8) is 0 Å². The fourth-order valence-corrected chi connectivity index (χ4v) is 4.29. The number of rotatable bonds is 3. The SMILES string of the molecule is CN1C(=O)C2N=C(SCCN3CCCCC3)[N+](C)=C2N(C)C1=O. The molecule has 7 nitrogen and oxygen atoms in total. The summed E-state index contributed by atoms with van der Waals surface area (Å²) in [5.41, 5.74) is 0. The molecule has 0 aromatic rings. The first kappa shape index (κ1) is 16.4. The van der Waals surface area contributed by atoms with Gasteiger partial charge in [0.25, 0.3) is 23.0 Å². The van der Waals surface area contributed by atoms with Crippen molar-refractivity contribution >= 4 is 34.7 Å². The summed E-state index contributed by atoms with van der Waals surface area (Å²) in [5.74, 6) is 1.37. The third kappa shape index (κ3) is 3.01. The van der Waals surface area contributed by atoms with Crippen molar-refractivity contribution < 1.29 is 14.2 Å². The van der Waals surface area contributed by atoms with Crippen molar-refractivity contribution in [3.8, 4) is 0 Å². The maximum atomic E-state index is 12.3. The Morgan fingerprint density at radius 3 is 2.57 bits per heavy atom. The topological polar surface area (TPSA) is 59.2 Å². The van der Waals surface area contributed by atoms with Crippen molar-refractivity contribution in [1.29, 1.82) is 0 Å². The molecule has 0 aromatic carbocycles. The highest BCUT2D eigenvalue weighted by Gasteiger charge is 2.51. The van der Waals surface area contributed by atoms with Gasteiger partial charge in [-0.15, -0.1) is 4.99 Å². The summed E-state index contributed by atoms with van der Waals surface area (Å²) in [4.78, 5) is 34.1. The highest BCUT2D eigenvalue weighted by molar-refractivity contribution is 8.13. The average molecular weight is 338 g/mol. The van der Waals surface area contributed by atoms with E-state index in [2.05, 4.69) is 9.89 Å². The van der Waals surface area contributed by atoms with Crippen LogP contribution in [0.15, 0.2) is 4.99 Å². The summed E-state index contributed by atoms with van der Waals surface area (Å²) in [5, 5.41) is 0.824. The fourth-order valence-electron chi connectivity index (χ4n) is 3.29. The van der Waals surface area contributed by atoms with Gasteiger partial charge in [0.1, 0.15) is 0 Å². The quantitative estimate of drug-likeness (QED) is 0.704. The highest BCUT2D eigenvalue weighted by Crippen LogP contribution is 2.22. The maximum absolute atomic E-state index is 12.3. The molecule has 0 bridgehead atoms. The molecule has 1 unspecified atom stereocenters. The number of piperidine rings is 1. The Hall–Kier alpha value is -1.41. The molecule has 0 saturated carbocycles. The number of likely N-dealkylation sites (tertiary alicyclic amines) is 1. The number of hydrogen-bond donors (Lipinski definition) is 0. The number of fused-ring (bicyclic) bond motifs is 1. The lowest BCUT2D eigenvalue weighted by atomic mass is 10.1. The molecule has 0 aromatic heterocycles.